The molecule has 160 valence electrons. The van der Waals surface area contributed by atoms with E-state index in [1.807, 2.05) is 0 Å². The number of carbonyl (C=O) groups is 2. The van der Waals surface area contributed by atoms with Crippen LogP contribution >= 0.6 is 0 Å². The number of carbonyl (C=O) groups excluding carboxylic acids is 2. The smallest absolute Gasteiger partial charge is 0.251 e. The number of anilines is 1. The molecule has 0 spiro atoms. The lowest BCUT2D eigenvalue weighted by atomic mass is 10.2. The highest BCUT2D eigenvalue weighted by Gasteiger charge is 2.30. The molecule has 0 aromatic heterocycles. The molecular formula is C19H18F3N3O4S. The fourth-order valence-electron chi connectivity index (χ4n) is 2.95. The van der Waals surface area contributed by atoms with Crippen LogP contribution in [-0.4, -0.2) is 44.2 Å². The summed E-state index contributed by atoms with van der Waals surface area (Å²) in [5.41, 5.74) is -0.149. The second kappa shape index (κ2) is 8.84. The Bertz CT molecular complexity index is 1090. The molecule has 2 aromatic rings. The van der Waals surface area contributed by atoms with Crippen LogP contribution in [0.2, 0.25) is 0 Å². The fraction of sp³-hybridized carbons (Fsp3) is 0.263. The predicted molar refractivity (Wildman–Crippen MR) is 102 cm³/mol. The second-order valence-corrected chi connectivity index (χ2v) is 8.52. The molecule has 0 radical (unpaired) electrons. The first-order valence-corrected chi connectivity index (χ1v) is 10.5. The third kappa shape index (κ3) is 4.79. The van der Waals surface area contributed by atoms with Gasteiger partial charge in [-0.2, -0.15) is 4.31 Å². The summed E-state index contributed by atoms with van der Waals surface area (Å²) >= 11 is 0. The summed E-state index contributed by atoms with van der Waals surface area (Å²) in [5, 5.41) is 4.54. The molecule has 0 atom stereocenters. The average Bonchev–Trinajstić information content (AvgIpc) is 3.25. The molecule has 2 N–H and O–H groups in total. The van der Waals surface area contributed by atoms with Gasteiger partial charge >= 0.3 is 0 Å². The van der Waals surface area contributed by atoms with E-state index in [2.05, 4.69) is 10.6 Å². The molecule has 1 saturated heterocycles. The lowest BCUT2D eigenvalue weighted by Crippen LogP contribution is -2.33. The molecule has 0 unspecified atom stereocenters. The van der Waals surface area contributed by atoms with Crippen molar-refractivity contribution in [2.75, 3.05) is 25.0 Å². The summed E-state index contributed by atoms with van der Waals surface area (Å²) in [6, 6.07) is 5.66. The highest BCUT2D eigenvalue weighted by molar-refractivity contribution is 7.89. The maximum atomic E-state index is 14.1. The lowest BCUT2D eigenvalue weighted by molar-refractivity contribution is -0.115. The molecule has 1 heterocycles. The summed E-state index contributed by atoms with van der Waals surface area (Å²) in [6.07, 6.45) is 1.35. The number of nitrogens with one attached hydrogen (secondary N) is 2. The minimum atomic E-state index is -4.07. The summed E-state index contributed by atoms with van der Waals surface area (Å²) in [7, 11) is -4.07. The van der Waals surface area contributed by atoms with Crippen LogP contribution in [0.15, 0.2) is 41.3 Å². The normalized spacial score (nSPS) is 14.5. The van der Waals surface area contributed by atoms with Crippen molar-refractivity contribution in [2.45, 2.75) is 17.7 Å². The van der Waals surface area contributed by atoms with E-state index in [-0.39, 0.29) is 24.3 Å². The fourth-order valence-corrected chi connectivity index (χ4v) is 4.56. The number of benzene rings is 2. The van der Waals surface area contributed by atoms with Gasteiger partial charge in [0, 0.05) is 30.4 Å². The third-order valence-corrected chi connectivity index (χ3v) is 6.40. The Morgan fingerprint density at radius 3 is 2.27 bits per heavy atom. The molecule has 7 nitrogen and oxygen atoms in total. The van der Waals surface area contributed by atoms with Gasteiger partial charge in [-0.15, -0.1) is 0 Å². The van der Waals surface area contributed by atoms with Gasteiger partial charge in [-0.25, -0.2) is 21.6 Å². The van der Waals surface area contributed by atoms with Gasteiger partial charge in [0.1, 0.15) is 10.7 Å². The van der Waals surface area contributed by atoms with Crippen molar-refractivity contribution < 1.29 is 31.2 Å². The first kappa shape index (κ1) is 21.8. The zero-order valence-corrected chi connectivity index (χ0v) is 16.4. The number of hydrogen-bond donors (Lipinski definition) is 2. The van der Waals surface area contributed by atoms with Crippen molar-refractivity contribution in [1.82, 2.24) is 9.62 Å². The molecule has 1 fully saturated rings. The summed E-state index contributed by atoms with van der Waals surface area (Å²) in [4.78, 5) is 23.6. The zero-order valence-electron chi connectivity index (χ0n) is 15.6. The first-order valence-electron chi connectivity index (χ1n) is 9.01. The number of nitrogens with zero attached hydrogens (tertiary/aromatic N) is 1. The average molecular weight is 441 g/mol. The van der Waals surface area contributed by atoms with Crippen molar-refractivity contribution in [1.29, 1.82) is 0 Å². The second-order valence-electron chi connectivity index (χ2n) is 6.62. The SMILES string of the molecule is O=C(CNC(=O)c1ccc(F)c(S(=O)(=O)N2CCCC2)c1)Nc1ccc(F)c(F)c1. The molecule has 3 rings (SSSR count). The van der Waals surface area contributed by atoms with Gasteiger partial charge in [0.25, 0.3) is 5.91 Å². The summed E-state index contributed by atoms with van der Waals surface area (Å²) < 4.78 is 66.5. The number of halogens is 3. The van der Waals surface area contributed by atoms with Crippen LogP contribution in [-0.2, 0) is 14.8 Å². The Morgan fingerprint density at radius 1 is 0.933 bits per heavy atom. The molecule has 0 aliphatic carbocycles. The van der Waals surface area contributed by atoms with Gasteiger partial charge in [-0.1, -0.05) is 0 Å². The van der Waals surface area contributed by atoms with Crippen LogP contribution < -0.4 is 10.6 Å². The Hall–Kier alpha value is -2.92. The van der Waals surface area contributed by atoms with Crippen LogP contribution in [0.1, 0.15) is 23.2 Å². The predicted octanol–water partition coefficient (Wildman–Crippen LogP) is 2.26. The van der Waals surface area contributed by atoms with Gasteiger partial charge in [0.15, 0.2) is 11.6 Å². The van der Waals surface area contributed by atoms with Crippen molar-refractivity contribution in [3.63, 3.8) is 0 Å². The topological polar surface area (TPSA) is 95.6 Å². The number of amides is 2. The number of rotatable bonds is 6. The van der Waals surface area contributed by atoms with Crippen LogP contribution in [0.25, 0.3) is 0 Å². The zero-order chi connectivity index (χ0) is 21.9. The minimum absolute atomic E-state index is 0.00563. The largest absolute Gasteiger partial charge is 0.343 e. The molecule has 11 heteroatoms. The van der Waals surface area contributed by atoms with Crippen LogP contribution in [0, 0.1) is 17.5 Å². The van der Waals surface area contributed by atoms with Gasteiger partial charge in [0.2, 0.25) is 15.9 Å². The summed E-state index contributed by atoms with van der Waals surface area (Å²) in [6.45, 7) is 0.0358. The van der Waals surface area contributed by atoms with Gasteiger partial charge in [-0.05, 0) is 43.2 Å². The first-order chi connectivity index (χ1) is 14.2. The van der Waals surface area contributed by atoms with E-state index < -0.39 is 50.7 Å². The maximum absolute atomic E-state index is 14.1. The van der Waals surface area contributed by atoms with Crippen LogP contribution in [0.4, 0.5) is 18.9 Å². The van der Waals surface area contributed by atoms with Crippen LogP contribution in [0.3, 0.4) is 0 Å². The Morgan fingerprint density at radius 2 is 1.60 bits per heavy atom. The highest BCUT2D eigenvalue weighted by atomic mass is 32.2. The van der Waals surface area contributed by atoms with Crippen molar-refractivity contribution in [3.8, 4) is 0 Å². The molecule has 2 amide bonds. The van der Waals surface area contributed by atoms with E-state index in [4.69, 9.17) is 0 Å². The Balaban J connectivity index is 1.66. The van der Waals surface area contributed by atoms with Crippen LogP contribution in [0.5, 0.6) is 0 Å². The van der Waals surface area contributed by atoms with Gasteiger partial charge in [0.05, 0.1) is 6.54 Å². The van der Waals surface area contributed by atoms with Gasteiger partial charge in [-0.3, -0.25) is 9.59 Å². The van der Waals surface area contributed by atoms with E-state index in [0.29, 0.717) is 12.8 Å². The molecular weight excluding hydrogens is 423 g/mol. The van der Waals surface area contributed by atoms with E-state index in [0.717, 1.165) is 40.7 Å². The molecule has 2 aromatic carbocycles. The monoisotopic (exact) mass is 441 g/mol. The number of hydrogen-bond acceptors (Lipinski definition) is 4. The van der Waals surface area contributed by atoms with Crippen molar-refractivity contribution in [3.05, 3.63) is 59.4 Å². The summed E-state index contributed by atoms with van der Waals surface area (Å²) in [5.74, 6) is -4.71. The molecule has 0 bridgehead atoms. The Labute approximate surface area is 170 Å². The standard InChI is InChI=1S/C19H18F3N3O4S/c20-14-6-4-13(10-16(14)22)24-18(26)11-23-19(27)12-3-5-15(21)17(9-12)30(28,29)25-7-1-2-8-25/h3-6,9-10H,1-2,7-8,11H2,(H,23,27)(H,24,26). The van der Waals surface area contributed by atoms with E-state index >= 15 is 0 Å². The van der Waals surface area contributed by atoms with E-state index in [9.17, 15) is 31.2 Å². The maximum Gasteiger partial charge on any atom is 0.251 e. The number of sulfonamides is 1. The van der Waals surface area contributed by atoms with Crippen molar-refractivity contribution in [2.24, 2.45) is 0 Å². The lowest BCUT2D eigenvalue weighted by Gasteiger charge is -2.16. The van der Waals surface area contributed by atoms with E-state index in [1.54, 1.807) is 0 Å². The third-order valence-electron chi connectivity index (χ3n) is 4.49. The minimum Gasteiger partial charge on any atom is -0.343 e. The van der Waals surface area contributed by atoms with E-state index in [1.165, 1.54) is 0 Å². The molecule has 1 aliphatic rings. The molecule has 0 saturated carbocycles. The molecule has 1 aliphatic heterocycles. The highest BCUT2D eigenvalue weighted by Crippen LogP contribution is 2.24. The molecule has 30 heavy (non-hydrogen) atoms. The Kier molecular flexibility index (Phi) is 6.42. The van der Waals surface area contributed by atoms with Crippen molar-refractivity contribution >= 4 is 27.5 Å². The van der Waals surface area contributed by atoms with Gasteiger partial charge < -0.3 is 10.6 Å². The quantitative estimate of drug-likeness (QED) is 0.719.